The summed E-state index contributed by atoms with van der Waals surface area (Å²) in [5.41, 5.74) is 3.80. The van der Waals surface area contributed by atoms with Crippen molar-refractivity contribution in [3.8, 4) is 0 Å². The van der Waals surface area contributed by atoms with Crippen molar-refractivity contribution >= 4 is 40.8 Å². The third-order valence-electron chi connectivity index (χ3n) is 6.67. The van der Waals surface area contributed by atoms with Crippen molar-refractivity contribution in [3.63, 3.8) is 0 Å². The highest BCUT2D eigenvalue weighted by Crippen LogP contribution is 2.22. The highest BCUT2D eigenvalue weighted by atomic mass is 127. The van der Waals surface area contributed by atoms with Gasteiger partial charge in [-0.2, -0.15) is 0 Å². The number of nitrogens with one attached hydrogen (secondary N) is 3. The van der Waals surface area contributed by atoms with Crippen molar-refractivity contribution in [3.05, 3.63) is 47.2 Å². The van der Waals surface area contributed by atoms with Gasteiger partial charge in [0.15, 0.2) is 11.8 Å². The number of halogens is 1. The quantitative estimate of drug-likeness (QED) is 0.222. The summed E-state index contributed by atoms with van der Waals surface area (Å²) in [6, 6.07) is 9.08. The first-order valence-electron chi connectivity index (χ1n) is 11.7. The van der Waals surface area contributed by atoms with E-state index < -0.39 is 0 Å². The number of guanidine groups is 1. The number of likely N-dealkylation sites (tertiary alicyclic amines) is 1. The van der Waals surface area contributed by atoms with Crippen LogP contribution in [-0.4, -0.2) is 62.8 Å². The van der Waals surface area contributed by atoms with Gasteiger partial charge in [0.25, 0.3) is 0 Å². The molecule has 1 fully saturated rings. The summed E-state index contributed by atoms with van der Waals surface area (Å²) in [4.78, 5) is 10.9. The monoisotopic (exact) mass is 564 g/mol. The molecule has 0 saturated carbocycles. The van der Waals surface area contributed by atoms with Gasteiger partial charge >= 0.3 is 0 Å². The van der Waals surface area contributed by atoms with E-state index in [9.17, 15) is 0 Å². The molecular weight excluding hydrogens is 527 g/mol. The van der Waals surface area contributed by atoms with Crippen LogP contribution in [0.2, 0.25) is 0 Å². The van der Waals surface area contributed by atoms with E-state index in [0.29, 0.717) is 12.6 Å². The fraction of sp³-hybridized carbons (Fsp3) is 0.542. The summed E-state index contributed by atoms with van der Waals surface area (Å²) >= 11 is 0. The second-order valence-electron chi connectivity index (χ2n) is 8.64. The Hall–Kier alpha value is -2.14. The second kappa shape index (κ2) is 11.8. The summed E-state index contributed by atoms with van der Waals surface area (Å²) < 4.78 is 1.99. The normalized spacial score (nSPS) is 16.8. The molecule has 0 spiro atoms. The average Bonchev–Trinajstić information content (AvgIpc) is 3.48. The first-order valence-corrected chi connectivity index (χ1v) is 11.7. The number of nitrogens with zero attached hydrogens (tertiary/aromatic N) is 5. The molecule has 1 saturated heterocycles. The summed E-state index contributed by atoms with van der Waals surface area (Å²) in [6.07, 6.45) is 3.45. The molecule has 1 aliphatic heterocycles. The van der Waals surface area contributed by atoms with Crippen LogP contribution in [0.15, 0.2) is 29.3 Å². The molecule has 2 aromatic heterocycles. The number of aromatic amines is 1. The molecule has 0 bridgehead atoms. The second-order valence-corrected chi connectivity index (χ2v) is 8.64. The minimum Gasteiger partial charge on any atom is -0.358 e. The lowest BCUT2D eigenvalue weighted by atomic mass is 10.1. The maximum atomic E-state index is 4.83. The third-order valence-corrected chi connectivity index (χ3v) is 6.67. The summed E-state index contributed by atoms with van der Waals surface area (Å²) in [5, 5.41) is 16.8. The van der Waals surface area contributed by atoms with E-state index in [0.717, 1.165) is 43.7 Å². The lowest BCUT2D eigenvalue weighted by Gasteiger charge is -2.24. The SMILES string of the molecule is CCN1CCCC1CNC(=NCc1nnc(C)n1C)NCCc1c(C)[nH]c2ccccc12.I. The van der Waals surface area contributed by atoms with Crippen molar-refractivity contribution in [2.24, 2.45) is 12.0 Å². The maximum Gasteiger partial charge on any atom is 0.191 e. The van der Waals surface area contributed by atoms with Crippen LogP contribution in [0.25, 0.3) is 10.9 Å². The van der Waals surface area contributed by atoms with Crippen LogP contribution in [0.1, 0.15) is 42.7 Å². The number of hydrogen-bond acceptors (Lipinski definition) is 4. The van der Waals surface area contributed by atoms with E-state index in [2.05, 4.69) is 68.8 Å². The largest absolute Gasteiger partial charge is 0.358 e. The molecule has 4 rings (SSSR count). The molecule has 1 unspecified atom stereocenters. The van der Waals surface area contributed by atoms with Crippen LogP contribution in [0.4, 0.5) is 0 Å². The summed E-state index contributed by atoms with van der Waals surface area (Å²) in [6.45, 7) is 10.9. The van der Waals surface area contributed by atoms with Crippen LogP contribution in [0.5, 0.6) is 0 Å². The van der Waals surface area contributed by atoms with Gasteiger partial charge in [-0.05, 0) is 57.8 Å². The van der Waals surface area contributed by atoms with Crippen LogP contribution in [-0.2, 0) is 20.0 Å². The van der Waals surface area contributed by atoms with Crippen molar-refractivity contribution in [2.45, 2.75) is 52.6 Å². The van der Waals surface area contributed by atoms with Gasteiger partial charge in [0.05, 0.1) is 0 Å². The molecule has 1 aromatic carbocycles. The van der Waals surface area contributed by atoms with E-state index in [1.54, 1.807) is 0 Å². The van der Waals surface area contributed by atoms with Gasteiger partial charge in [-0.15, -0.1) is 34.2 Å². The summed E-state index contributed by atoms with van der Waals surface area (Å²) in [5.74, 6) is 2.61. The number of para-hydroxylation sites is 1. The molecule has 3 heterocycles. The topological polar surface area (TPSA) is 86.2 Å². The Bertz CT molecular complexity index is 1070. The van der Waals surface area contributed by atoms with Crippen LogP contribution in [0.3, 0.4) is 0 Å². The van der Waals surface area contributed by atoms with Crippen LogP contribution >= 0.6 is 24.0 Å². The maximum absolute atomic E-state index is 4.83. The first-order chi connectivity index (χ1) is 15.6. The standard InChI is InChI=1S/C24H36N8.HI/c1-5-32-14-8-9-19(32)15-26-24(27-16-23-30-29-18(3)31(23)4)25-13-12-20-17(2)28-22-11-7-6-10-21(20)22;/h6-7,10-11,19,28H,5,8-9,12-16H2,1-4H3,(H2,25,26,27);1H. The van der Waals surface area contributed by atoms with Crippen LogP contribution in [0, 0.1) is 13.8 Å². The zero-order valence-corrected chi connectivity index (χ0v) is 22.5. The van der Waals surface area contributed by atoms with Crippen molar-refractivity contribution in [1.82, 2.24) is 35.3 Å². The number of aliphatic imine (C=N–C) groups is 1. The van der Waals surface area contributed by atoms with Gasteiger partial charge in [-0.3, -0.25) is 4.90 Å². The first kappa shape index (κ1) is 25.5. The minimum absolute atomic E-state index is 0. The van der Waals surface area contributed by atoms with Crippen LogP contribution < -0.4 is 10.6 Å². The highest BCUT2D eigenvalue weighted by Gasteiger charge is 2.22. The van der Waals surface area contributed by atoms with E-state index in [1.165, 1.54) is 41.5 Å². The van der Waals surface area contributed by atoms with Gasteiger partial charge in [-0.1, -0.05) is 25.1 Å². The molecule has 3 N–H and O–H groups in total. The molecule has 9 heteroatoms. The van der Waals surface area contributed by atoms with E-state index in [4.69, 9.17) is 4.99 Å². The van der Waals surface area contributed by atoms with Gasteiger partial charge < -0.3 is 20.2 Å². The number of H-pyrrole nitrogens is 1. The fourth-order valence-corrected chi connectivity index (χ4v) is 4.63. The Kier molecular flexibility index (Phi) is 9.13. The Balaban J connectivity index is 0.00000306. The number of likely N-dealkylation sites (N-methyl/N-ethyl adjacent to an activating group) is 1. The van der Waals surface area contributed by atoms with Crippen molar-refractivity contribution in [1.29, 1.82) is 0 Å². The third kappa shape index (κ3) is 6.06. The number of rotatable bonds is 8. The molecule has 1 atom stereocenters. The molecule has 33 heavy (non-hydrogen) atoms. The molecule has 0 radical (unpaired) electrons. The molecule has 0 aliphatic carbocycles. The molecule has 8 nitrogen and oxygen atoms in total. The lowest BCUT2D eigenvalue weighted by molar-refractivity contribution is 0.267. The molecule has 0 amide bonds. The van der Waals surface area contributed by atoms with E-state index >= 15 is 0 Å². The predicted octanol–water partition coefficient (Wildman–Crippen LogP) is 3.29. The molecular formula is C24H37IN8. The Morgan fingerprint density at radius 2 is 2.03 bits per heavy atom. The fourth-order valence-electron chi connectivity index (χ4n) is 4.63. The van der Waals surface area contributed by atoms with Gasteiger partial charge in [-0.25, -0.2) is 4.99 Å². The molecule has 3 aromatic rings. The van der Waals surface area contributed by atoms with Gasteiger partial charge in [0.2, 0.25) is 0 Å². The molecule has 180 valence electrons. The minimum atomic E-state index is 0. The Morgan fingerprint density at radius 3 is 2.79 bits per heavy atom. The lowest BCUT2D eigenvalue weighted by Crippen LogP contribution is -2.45. The zero-order chi connectivity index (χ0) is 22.5. The van der Waals surface area contributed by atoms with Crippen molar-refractivity contribution < 1.29 is 0 Å². The number of aryl methyl sites for hydroxylation is 2. The van der Waals surface area contributed by atoms with Gasteiger partial charge in [0.1, 0.15) is 12.4 Å². The predicted molar refractivity (Wildman–Crippen MR) is 145 cm³/mol. The zero-order valence-electron chi connectivity index (χ0n) is 20.2. The number of hydrogen-bond donors (Lipinski definition) is 3. The van der Waals surface area contributed by atoms with Gasteiger partial charge in [0, 0.05) is 42.8 Å². The van der Waals surface area contributed by atoms with Crippen molar-refractivity contribution in [2.75, 3.05) is 26.2 Å². The Labute approximate surface area is 213 Å². The summed E-state index contributed by atoms with van der Waals surface area (Å²) in [7, 11) is 1.98. The Morgan fingerprint density at radius 1 is 1.21 bits per heavy atom. The number of fused-ring (bicyclic) bond motifs is 1. The number of benzene rings is 1. The molecule has 1 aliphatic rings. The number of aromatic nitrogens is 4. The van der Waals surface area contributed by atoms with E-state index in [-0.39, 0.29) is 24.0 Å². The van der Waals surface area contributed by atoms with E-state index in [1.807, 2.05) is 18.5 Å². The average molecular weight is 565 g/mol. The smallest absolute Gasteiger partial charge is 0.191 e. The highest BCUT2D eigenvalue weighted by molar-refractivity contribution is 14.0.